The SMILES string of the molecule is CC12CCCCCCC1(C)N(c1ccccc1)c1ccc(-c3ccc4c5cc6c(cc5c5ccc(-c7ccc8c(c7)C7(C)CCCCCCC7(C)N8c7ccccc7)c3c45)c3ccc(-c4ccc5c(c4)C4(C)CCCCCCC4(C)N5c4ccccc4)c4c(-c5ccc7c(c5)C5(C)CCCCCCC5(C)N7c5ccccc5)ccc6c43)cc12. The normalized spacial score (nSPS) is 27.1. The van der Waals surface area contributed by atoms with E-state index < -0.39 is 0 Å². The second-order valence-corrected chi connectivity index (χ2v) is 39.8. The molecule has 0 bridgehead atoms. The molecule has 4 aliphatic carbocycles. The molecule has 4 saturated carbocycles. The van der Waals surface area contributed by atoms with Gasteiger partial charge in [-0.25, -0.2) is 0 Å². The minimum Gasteiger partial charge on any atom is -0.334 e. The molecule has 8 aliphatic rings. The number of hydrogen-bond donors (Lipinski definition) is 0. The van der Waals surface area contributed by atoms with Crippen molar-refractivity contribution < 1.29 is 0 Å². The molecule has 15 aromatic carbocycles. The molecule has 4 nitrogen and oxygen atoms in total. The lowest BCUT2D eigenvalue weighted by Gasteiger charge is -2.48. The average molecular weight is 1540 g/mol. The summed E-state index contributed by atoms with van der Waals surface area (Å²) in [7, 11) is 0. The summed E-state index contributed by atoms with van der Waals surface area (Å²) >= 11 is 0. The highest BCUT2D eigenvalue weighted by Crippen LogP contribution is 2.67. The van der Waals surface area contributed by atoms with E-state index in [1.165, 1.54) is 331 Å². The van der Waals surface area contributed by atoms with E-state index in [1.54, 1.807) is 0 Å². The van der Waals surface area contributed by atoms with Gasteiger partial charge in [-0.3, -0.25) is 0 Å². The van der Waals surface area contributed by atoms with Gasteiger partial charge in [-0.05, 0) is 320 Å². The topological polar surface area (TPSA) is 13.0 Å². The van der Waals surface area contributed by atoms with E-state index in [0.29, 0.717) is 0 Å². The van der Waals surface area contributed by atoms with Gasteiger partial charge in [0, 0.05) is 67.2 Å². The predicted molar refractivity (Wildman–Crippen MR) is 504 cm³/mol. The van der Waals surface area contributed by atoms with Gasteiger partial charge in [-0.2, -0.15) is 0 Å². The van der Waals surface area contributed by atoms with Crippen LogP contribution in [-0.4, -0.2) is 22.2 Å². The third-order valence-corrected chi connectivity index (χ3v) is 34.4. The fraction of sp³-hybridized carbons (Fsp3) is 0.351. The molecule has 15 aromatic rings. The van der Waals surface area contributed by atoms with Crippen LogP contribution in [0.2, 0.25) is 0 Å². The van der Waals surface area contributed by atoms with Gasteiger partial charge in [0.05, 0.1) is 22.2 Å². The molecule has 0 amide bonds. The Morgan fingerprint density at radius 2 is 0.398 bits per heavy atom. The van der Waals surface area contributed by atoms with Crippen LogP contribution in [0.1, 0.15) is 232 Å². The molecule has 8 unspecified atom stereocenters. The van der Waals surface area contributed by atoms with Gasteiger partial charge in [0.25, 0.3) is 0 Å². The summed E-state index contributed by atoms with van der Waals surface area (Å²) in [6, 6.07) is 102. The lowest BCUT2D eigenvalue weighted by atomic mass is 9.63. The summed E-state index contributed by atoms with van der Waals surface area (Å²) in [6.45, 7) is 21.0. The number of para-hydroxylation sites is 4. The molecular formula is C114H114N4. The molecule has 0 radical (unpaired) electrons. The number of rotatable bonds is 8. The van der Waals surface area contributed by atoms with E-state index in [9.17, 15) is 0 Å². The average Bonchev–Trinajstić information content (AvgIpc) is 1.54. The number of nitrogens with zero attached hydrogens (tertiary/aromatic N) is 4. The quantitative estimate of drug-likeness (QED) is 0.150. The summed E-state index contributed by atoms with van der Waals surface area (Å²) in [5, 5.41) is 16.3. The minimum absolute atomic E-state index is 0.0614. The van der Waals surface area contributed by atoms with E-state index in [4.69, 9.17) is 0 Å². The third-order valence-electron chi connectivity index (χ3n) is 34.4. The van der Waals surface area contributed by atoms with Crippen LogP contribution in [0.15, 0.2) is 255 Å². The number of fused-ring (bicyclic) bond motifs is 18. The molecule has 8 atom stereocenters. The summed E-state index contributed by atoms with van der Waals surface area (Å²) in [4.78, 5) is 11.1. The van der Waals surface area contributed by atoms with E-state index in [1.807, 2.05) is 0 Å². The van der Waals surface area contributed by atoms with Crippen molar-refractivity contribution in [3.05, 3.63) is 277 Å². The van der Waals surface area contributed by atoms with Gasteiger partial charge in [0.1, 0.15) is 0 Å². The Hall–Kier alpha value is -10.4. The van der Waals surface area contributed by atoms with Crippen molar-refractivity contribution in [1.82, 2.24) is 0 Å². The molecular weight excluding hydrogens is 1430 g/mol. The van der Waals surface area contributed by atoms with Crippen molar-refractivity contribution in [3.8, 4) is 44.5 Å². The minimum atomic E-state index is -0.0831. The second-order valence-electron chi connectivity index (χ2n) is 39.8. The molecule has 4 aliphatic heterocycles. The van der Waals surface area contributed by atoms with Gasteiger partial charge >= 0.3 is 0 Å². The Morgan fingerprint density at radius 3 is 0.619 bits per heavy atom. The van der Waals surface area contributed by atoms with Crippen LogP contribution in [0.4, 0.5) is 45.5 Å². The van der Waals surface area contributed by atoms with Crippen LogP contribution < -0.4 is 19.6 Å². The standard InChI is InChI=1S/C114H114N4/c1-107-61-29-9-13-33-65-111(107,5)115(79-37-21-17-22-38-79)99-57-45-75(69-95(99)107)83-49-53-87-91-73-93-89-55-51-85(77-47-59-101-97(71-77)109(3)63-31-11-15-35-67-113(109,7)117(101)81-41-25-19-26-42-81)104-86(78-48-60-102-98(72-78)110(4)64-32-12-16-36-68-114(110,8)118(102)82-43-27-20-28-44-82)52-56-90(106(89)104)94(93)74-92(91)88-54-50-84(103(83)105(87)88)76-46-58-100-96(70-76)108(2)62-30-10-14-34-66-112(108,6)116(100)80-39-23-18-24-40-80/h17-28,37-60,69-74H,9-16,29-36,61-68H2,1-8H3. The zero-order valence-electron chi connectivity index (χ0n) is 71.0. The third kappa shape index (κ3) is 9.90. The molecule has 4 heterocycles. The van der Waals surface area contributed by atoms with Crippen LogP contribution in [0.5, 0.6) is 0 Å². The Balaban J connectivity index is 0.761. The summed E-state index contributed by atoms with van der Waals surface area (Å²) in [5.41, 5.74) is 26.8. The van der Waals surface area contributed by atoms with Crippen molar-refractivity contribution in [2.45, 2.75) is 253 Å². The van der Waals surface area contributed by atoms with E-state index >= 15 is 0 Å². The van der Waals surface area contributed by atoms with Gasteiger partial charge in [0.2, 0.25) is 0 Å². The Bertz CT molecular complexity index is 5750. The first-order valence-electron chi connectivity index (χ1n) is 45.9. The van der Waals surface area contributed by atoms with Crippen LogP contribution in [0.3, 0.4) is 0 Å². The molecule has 0 N–H and O–H groups in total. The second kappa shape index (κ2) is 26.5. The highest BCUT2D eigenvalue weighted by Gasteiger charge is 2.61. The zero-order valence-corrected chi connectivity index (χ0v) is 71.0. The van der Waals surface area contributed by atoms with Crippen LogP contribution in [0.25, 0.3) is 109 Å². The fourth-order valence-electron chi connectivity index (χ4n) is 27.3. The van der Waals surface area contributed by atoms with Crippen molar-refractivity contribution in [2.75, 3.05) is 19.6 Å². The zero-order chi connectivity index (χ0) is 79.5. The highest BCUT2D eigenvalue weighted by molar-refractivity contribution is 6.40. The molecule has 0 aromatic heterocycles. The maximum Gasteiger partial charge on any atom is 0.0517 e. The molecule has 4 fully saturated rings. The fourth-order valence-corrected chi connectivity index (χ4v) is 27.3. The first-order chi connectivity index (χ1) is 57.5. The number of hydrogen-bond acceptors (Lipinski definition) is 4. The molecule has 0 spiro atoms. The van der Waals surface area contributed by atoms with Crippen molar-refractivity contribution in [1.29, 1.82) is 0 Å². The van der Waals surface area contributed by atoms with Crippen LogP contribution in [-0.2, 0) is 21.7 Å². The van der Waals surface area contributed by atoms with Crippen molar-refractivity contribution in [3.63, 3.8) is 0 Å². The number of anilines is 8. The van der Waals surface area contributed by atoms with Crippen LogP contribution >= 0.6 is 0 Å². The first-order valence-corrected chi connectivity index (χ1v) is 45.9. The van der Waals surface area contributed by atoms with Gasteiger partial charge in [0.15, 0.2) is 0 Å². The van der Waals surface area contributed by atoms with Gasteiger partial charge in [-0.1, -0.05) is 276 Å². The molecule has 0 saturated heterocycles. The van der Waals surface area contributed by atoms with E-state index in [-0.39, 0.29) is 43.8 Å². The van der Waals surface area contributed by atoms with E-state index in [0.717, 1.165) is 0 Å². The van der Waals surface area contributed by atoms with E-state index in [2.05, 4.69) is 330 Å². The lowest BCUT2D eigenvalue weighted by Crippen LogP contribution is -2.53. The molecule has 118 heavy (non-hydrogen) atoms. The maximum atomic E-state index is 2.78. The maximum absolute atomic E-state index is 2.78. The smallest absolute Gasteiger partial charge is 0.0517 e. The van der Waals surface area contributed by atoms with Gasteiger partial charge in [-0.15, -0.1) is 0 Å². The predicted octanol–water partition coefficient (Wildman–Crippen LogP) is 32.2. The monoisotopic (exact) mass is 1540 g/mol. The van der Waals surface area contributed by atoms with Crippen molar-refractivity contribution >= 4 is 110 Å². The summed E-state index contributed by atoms with van der Waals surface area (Å²) in [6.07, 6.45) is 29.7. The molecule has 4 heteroatoms. The number of benzene rings is 13. The van der Waals surface area contributed by atoms with Crippen LogP contribution in [0, 0.1) is 0 Å². The largest absolute Gasteiger partial charge is 0.334 e. The Kier molecular flexibility index (Phi) is 16.4. The highest BCUT2D eigenvalue weighted by atomic mass is 15.3. The Labute approximate surface area is 700 Å². The molecule has 23 rings (SSSR count). The Morgan fingerprint density at radius 1 is 0.186 bits per heavy atom. The molecule has 590 valence electrons. The summed E-state index contributed by atoms with van der Waals surface area (Å²) in [5.74, 6) is 0. The summed E-state index contributed by atoms with van der Waals surface area (Å²) < 4.78 is 0. The van der Waals surface area contributed by atoms with Gasteiger partial charge < -0.3 is 19.6 Å². The first kappa shape index (κ1) is 72.8. The lowest BCUT2D eigenvalue weighted by molar-refractivity contribution is 0.218. The van der Waals surface area contributed by atoms with Crippen molar-refractivity contribution in [2.24, 2.45) is 0 Å².